The number of para-hydroxylation sites is 1. The molecule has 15 heavy (non-hydrogen) atoms. The lowest BCUT2D eigenvalue weighted by Crippen LogP contribution is -2.18. The number of anilines is 2. The largest absolute Gasteiger partial charge is 0.344 e. The summed E-state index contributed by atoms with van der Waals surface area (Å²) < 4.78 is 0. The number of pyridine rings is 1. The zero-order valence-corrected chi connectivity index (χ0v) is 8.64. The highest BCUT2D eigenvalue weighted by molar-refractivity contribution is 5.72. The van der Waals surface area contributed by atoms with Crippen LogP contribution in [0.5, 0.6) is 0 Å². The number of aromatic nitrogens is 1. The summed E-state index contributed by atoms with van der Waals surface area (Å²) in [5.74, 6) is 0. The van der Waals surface area contributed by atoms with Gasteiger partial charge in [-0.1, -0.05) is 18.2 Å². The van der Waals surface area contributed by atoms with Crippen molar-refractivity contribution >= 4 is 11.4 Å². The minimum Gasteiger partial charge on any atom is -0.344 e. The molecule has 0 aliphatic carbocycles. The third-order valence-corrected chi connectivity index (χ3v) is 2.97. The minimum atomic E-state index is 0.990. The Morgan fingerprint density at radius 2 is 1.87 bits per heavy atom. The summed E-state index contributed by atoms with van der Waals surface area (Å²) >= 11 is 0. The van der Waals surface area contributed by atoms with Crippen LogP contribution in [0.3, 0.4) is 0 Å². The van der Waals surface area contributed by atoms with E-state index in [0.29, 0.717) is 0 Å². The van der Waals surface area contributed by atoms with Gasteiger partial charge in [0.2, 0.25) is 0 Å². The van der Waals surface area contributed by atoms with Gasteiger partial charge in [0.05, 0.1) is 0 Å². The van der Waals surface area contributed by atoms with E-state index in [1.165, 1.54) is 22.5 Å². The monoisotopic (exact) mass is 196 g/mol. The Hall–Kier alpha value is -1.83. The highest BCUT2D eigenvalue weighted by atomic mass is 15.1. The van der Waals surface area contributed by atoms with Crippen LogP contribution in [0.2, 0.25) is 0 Å². The molecule has 1 aliphatic rings. The molecule has 0 bridgehead atoms. The van der Waals surface area contributed by atoms with E-state index in [9.17, 15) is 0 Å². The maximum atomic E-state index is 4.18. The van der Waals surface area contributed by atoms with Gasteiger partial charge in [-0.05, 0) is 23.3 Å². The van der Waals surface area contributed by atoms with E-state index in [1.807, 2.05) is 12.4 Å². The molecule has 2 heterocycles. The fourth-order valence-electron chi connectivity index (χ4n) is 2.21. The maximum absolute atomic E-state index is 4.18. The quantitative estimate of drug-likeness (QED) is 0.644. The molecule has 3 rings (SSSR count). The van der Waals surface area contributed by atoms with Crippen molar-refractivity contribution in [1.29, 1.82) is 0 Å². The third kappa shape index (κ3) is 1.22. The lowest BCUT2D eigenvalue weighted by Gasteiger charge is -2.29. The number of fused-ring (bicyclic) bond motifs is 2. The molecule has 74 valence electrons. The van der Waals surface area contributed by atoms with Gasteiger partial charge < -0.3 is 4.90 Å². The van der Waals surface area contributed by atoms with E-state index >= 15 is 0 Å². The van der Waals surface area contributed by atoms with Crippen molar-refractivity contribution in [3.63, 3.8) is 0 Å². The first-order valence-corrected chi connectivity index (χ1v) is 5.11. The third-order valence-electron chi connectivity index (χ3n) is 2.97. The van der Waals surface area contributed by atoms with E-state index in [1.54, 1.807) is 0 Å². The molecule has 0 unspecified atom stereocenters. The summed E-state index contributed by atoms with van der Waals surface area (Å²) in [4.78, 5) is 6.41. The van der Waals surface area contributed by atoms with Crippen LogP contribution in [0.4, 0.5) is 11.4 Å². The van der Waals surface area contributed by atoms with Gasteiger partial charge >= 0.3 is 0 Å². The van der Waals surface area contributed by atoms with E-state index in [-0.39, 0.29) is 0 Å². The molecule has 0 atom stereocenters. The van der Waals surface area contributed by atoms with Gasteiger partial charge in [-0.15, -0.1) is 0 Å². The zero-order chi connectivity index (χ0) is 10.3. The molecular formula is C13H12N2. The average molecular weight is 196 g/mol. The molecule has 0 spiro atoms. The first-order valence-electron chi connectivity index (χ1n) is 5.11. The van der Waals surface area contributed by atoms with Crippen LogP contribution < -0.4 is 4.90 Å². The van der Waals surface area contributed by atoms with Gasteiger partial charge in [0.15, 0.2) is 0 Å². The summed E-state index contributed by atoms with van der Waals surface area (Å²) in [6.07, 6.45) is 4.80. The molecule has 1 aromatic heterocycles. The molecule has 0 amide bonds. The molecule has 0 saturated heterocycles. The van der Waals surface area contributed by atoms with Gasteiger partial charge in [0.25, 0.3) is 0 Å². The number of hydrogen-bond donors (Lipinski definition) is 0. The standard InChI is InChI=1S/C13H12N2/c1-15-12-5-3-2-4-10(12)8-11-9-14-7-6-13(11)15/h2-7,9H,8H2,1H3. The Morgan fingerprint density at radius 3 is 2.80 bits per heavy atom. The smallest absolute Gasteiger partial charge is 0.0475 e. The molecule has 2 aromatic rings. The normalized spacial score (nSPS) is 13.3. The number of rotatable bonds is 0. The SMILES string of the molecule is CN1c2ccccc2Cc2cnccc21. The second-order valence-corrected chi connectivity index (χ2v) is 3.87. The van der Waals surface area contributed by atoms with E-state index < -0.39 is 0 Å². The summed E-state index contributed by atoms with van der Waals surface area (Å²) in [6, 6.07) is 10.6. The summed E-state index contributed by atoms with van der Waals surface area (Å²) in [6.45, 7) is 0. The predicted octanol–water partition coefficient (Wildman–Crippen LogP) is 2.75. The molecule has 1 aromatic carbocycles. The van der Waals surface area contributed by atoms with E-state index in [0.717, 1.165) is 6.42 Å². The summed E-state index contributed by atoms with van der Waals surface area (Å²) in [7, 11) is 2.11. The molecule has 1 aliphatic heterocycles. The highest BCUT2D eigenvalue weighted by Crippen LogP contribution is 2.36. The van der Waals surface area contributed by atoms with Gasteiger partial charge in [0.1, 0.15) is 0 Å². The predicted molar refractivity (Wildman–Crippen MR) is 61.5 cm³/mol. The summed E-state index contributed by atoms with van der Waals surface area (Å²) in [5, 5.41) is 0. The molecule has 2 nitrogen and oxygen atoms in total. The molecule has 0 saturated carbocycles. The Morgan fingerprint density at radius 1 is 1.07 bits per heavy atom. The number of nitrogens with zero attached hydrogens (tertiary/aromatic N) is 2. The molecule has 2 heteroatoms. The molecule has 0 fully saturated rings. The Labute approximate surface area is 89.2 Å². The lowest BCUT2D eigenvalue weighted by molar-refractivity contribution is 1.03. The highest BCUT2D eigenvalue weighted by Gasteiger charge is 2.18. The van der Waals surface area contributed by atoms with Crippen molar-refractivity contribution < 1.29 is 0 Å². The van der Waals surface area contributed by atoms with Crippen LogP contribution in [0.15, 0.2) is 42.7 Å². The van der Waals surface area contributed by atoms with Crippen LogP contribution in [-0.4, -0.2) is 12.0 Å². The maximum Gasteiger partial charge on any atom is 0.0475 e. The Kier molecular flexibility index (Phi) is 1.75. The van der Waals surface area contributed by atoms with E-state index in [4.69, 9.17) is 0 Å². The van der Waals surface area contributed by atoms with Crippen LogP contribution in [0.25, 0.3) is 0 Å². The van der Waals surface area contributed by atoms with Gasteiger partial charge in [-0.2, -0.15) is 0 Å². The van der Waals surface area contributed by atoms with Crippen LogP contribution in [-0.2, 0) is 6.42 Å². The summed E-state index contributed by atoms with van der Waals surface area (Å²) in [5.41, 5.74) is 5.25. The molecule has 0 N–H and O–H groups in total. The molecular weight excluding hydrogens is 184 g/mol. The van der Waals surface area contributed by atoms with Crippen molar-refractivity contribution in [2.45, 2.75) is 6.42 Å². The van der Waals surface area contributed by atoms with Gasteiger partial charge in [0, 0.05) is 37.2 Å². The van der Waals surface area contributed by atoms with Gasteiger partial charge in [-0.3, -0.25) is 4.98 Å². The second kappa shape index (κ2) is 3.09. The van der Waals surface area contributed by atoms with Gasteiger partial charge in [-0.25, -0.2) is 0 Å². The van der Waals surface area contributed by atoms with Crippen LogP contribution in [0.1, 0.15) is 11.1 Å². The fourth-order valence-corrected chi connectivity index (χ4v) is 2.21. The number of benzene rings is 1. The van der Waals surface area contributed by atoms with Crippen LogP contribution in [0, 0.1) is 0 Å². The first kappa shape index (κ1) is 8.48. The first-order chi connectivity index (χ1) is 7.36. The Balaban J connectivity index is 2.20. The average Bonchev–Trinajstić information content (AvgIpc) is 2.30. The number of hydrogen-bond acceptors (Lipinski definition) is 2. The lowest BCUT2D eigenvalue weighted by atomic mass is 9.98. The van der Waals surface area contributed by atoms with Crippen molar-refractivity contribution in [2.24, 2.45) is 0 Å². The topological polar surface area (TPSA) is 16.1 Å². The molecule has 0 radical (unpaired) electrons. The van der Waals surface area contributed by atoms with Crippen molar-refractivity contribution in [1.82, 2.24) is 4.98 Å². The van der Waals surface area contributed by atoms with Crippen LogP contribution >= 0.6 is 0 Å². The zero-order valence-electron chi connectivity index (χ0n) is 8.64. The minimum absolute atomic E-state index is 0.990. The van der Waals surface area contributed by atoms with E-state index in [2.05, 4.69) is 47.3 Å². The Bertz CT molecular complexity index is 460. The van der Waals surface area contributed by atoms with Crippen molar-refractivity contribution in [3.05, 3.63) is 53.9 Å². The fraction of sp³-hybridized carbons (Fsp3) is 0.154. The second-order valence-electron chi connectivity index (χ2n) is 3.87. The van der Waals surface area contributed by atoms with Crippen molar-refractivity contribution in [2.75, 3.05) is 11.9 Å². The van der Waals surface area contributed by atoms with Crippen molar-refractivity contribution in [3.8, 4) is 0 Å².